The first kappa shape index (κ1) is 13.1. The van der Waals surface area contributed by atoms with E-state index in [2.05, 4.69) is 10.3 Å². The SMILES string of the molecule is Cc1ccc(C)c(NC(=O)COc2cccnc2)c1. The molecular formula is C15H16N2O2. The molecule has 2 rings (SSSR count). The van der Waals surface area contributed by atoms with Crippen LogP contribution in [0.4, 0.5) is 5.69 Å². The van der Waals surface area contributed by atoms with Gasteiger partial charge in [-0.2, -0.15) is 0 Å². The first-order valence-corrected chi connectivity index (χ1v) is 6.05. The van der Waals surface area contributed by atoms with E-state index in [1.165, 1.54) is 0 Å². The molecule has 0 fully saturated rings. The predicted molar refractivity (Wildman–Crippen MR) is 74.3 cm³/mol. The second kappa shape index (κ2) is 6.00. The molecular weight excluding hydrogens is 240 g/mol. The number of aryl methyl sites for hydroxylation is 2. The van der Waals surface area contributed by atoms with Crippen LogP contribution in [0.5, 0.6) is 5.75 Å². The van der Waals surface area contributed by atoms with Crippen LogP contribution in [0.2, 0.25) is 0 Å². The fourth-order valence-corrected chi connectivity index (χ4v) is 1.64. The second-order valence-corrected chi connectivity index (χ2v) is 4.34. The molecule has 2 aromatic rings. The summed E-state index contributed by atoms with van der Waals surface area (Å²) in [4.78, 5) is 15.7. The van der Waals surface area contributed by atoms with Gasteiger partial charge >= 0.3 is 0 Å². The van der Waals surface area contributed by atoms with Crippen molar-refractivity contribution in [1.82, 2.24) is 4.98 Å². The molecule has 0 unspecified atom stereocenters. The van der Waals surface area contributed by atoms with Crippen molar-refractivity contribution in [3.63, 3.8) is 0 Å². The second-order valence-electron chi connectivity index (χ2n) is 4.34. The van der Waals surface area contributed by atoms with Gasteiger partial charge in [0.25, 0.3) is 5.91 Å². The number of nitrogens with zero attached hydrogens (tertiary/aromatic N) is 1. The number of amides is 1. The van der Waals surface area contributed by atoms with Crippen LogP contribution >= 0.6 is 0 Å². The van der Waals surface area contributed by atoms with Gasteiger partial charge in [-0.15, -0.1) is 0 Å². The van der Waals surface area contributed by atoms with Gasteiger partial charge in [0.1, 0.15) is 5.75 Å². The summed E-state index contributed by atoms with van der Waals surface area (Å²) in [5, 5.41) is 2.84. The number of hydrogen-bond acceptors (Lipinski definition) is 3. The number of nitrogens with one attached hydrogen (secondary N) is 1. The van der Waals surface area contributed by atoms with Crippen LogP contribution in [-0.4, -0.2) is 17.5 Å². The minimum atomic E-state index is -0.183. The fourth-order valence-electron chi connectivity index (χ4n) is 1.64. The highest BCUT2D eigenvalue weighted by atomic mass is 16.5. The Morgan fingerprint density at radius 1 is 1.32 bits per heavy atom. The third-order valence-corrected chi connectivity index (χ3v) is 2.67. The number of pyridine rings is 1. The molecule has 1 aromatic carbocycles. The van der Waals surface area contributed by atoms with E-state index in [4.69, 9.17) is 4.74 Å². The molecule has 0 aliphatic rings. The molecule has 1 N–H and O–H groups in total. The van der Waals surface area contributed by atoms with E-state index in [0.29, 0.717) is 5.75 Å². The number of ether oxygens (including phenoxy) is 1. The molecule has 1 aromatic heterocycles. The monoisotopic (exact) mass is 256 g/mol. The lowest BCUT2D eigenvalue weighted by molar-refractivity contribution is -0.118. The zero-order valence-electron chi connectivity index (χ0n) is 11.0. The lowest BCUT2D eigenvalue weighted by atomic mass is 10.1. The summed E-state index contributed by atoms with van der Waals surface area (Å²) in [6.45, 7) is 3.91. The summed E-state index contributed by atoms with van der Waals surface area (Å²) >= 11 is 0. The van der Waals surface area contributed by atoms with Gasteiger partial charge in [0.05, 0.1) is 6.20 Å². The Hall–Kier alpha value is -2.36. The maximum Gasteiger partial charge on any atom is 0.262 e. The molecule has 1 amide bonds. The quantitative estimate of drug-likeness (QED) is 0.915. The van der Waals surface area contributed by atoms with E-state index in [0.717, 1.165) is 16.8 Å². The number of benzene rings is 1. The van der Waals surface area contributed by atoms with Gasteiger partial charge in [-0.1, -0.05) is 12.1 Å². The lowest BCUT2D eigenvalue weighted by Crippen LogP contribution is -2.20. The van der Waals surface area contributed by atoms with Crippen LogP contribution in [0.3, 0.4) is 0 Å². The molecule has 98 valence electrons. The van der Waals surface area contributed by atoms with E-state index in [1.54, 1.807) is 24.5 Å². The van der Waals surface area contributed by atoms with Crippen molar-refractivity contribution >= 4 is 11.6 Å². The van der Waals surface area contributed by atoms with Crippen LogP contribution in [-0.2, 0) is 4.79 Å². The van der Waals surface area contributed by atoms with Crippen molar-refractivity contribution in [3.8, 4) is 5.75 Å². The van der Waals surface area contributed by atoms with Crippen molar-refractivity contribution in [2.24, 2.45) is 0 Å². The first-order chi connectivity index (χ1) is 9.15. The van der Waals surface area contributed by atoms with Gasteiger partial charge in [0, 0.05) is 11.9 Å². The Morgan fingerprint density at radius 2 is 2.16 bits per heavy atom. The zero-order chi connectivity index (χ0) is 13.7. The third-order valence-electron chi connectivity index (χ3n) is 2.67. The van der Waals surface area contributed by atoms with Crippen LogP contribution in [0.15, 0.2) is 42.7 Å². The average molecular weight is 256 g/mol. The minimum absolute atomic E-state index is 0.0287. The first-order valence-electron chi connectivity index (χ1n) is 6.05. The highest BCUT2D eigenvalue weighted by Crippen LogP contribution is 2.16. The van der Waals surface area contributed by atoms with Gasteiger partial charge in [-0.3, -0.25) is 9.78 Å². The number of carbonyl (C=O) groups excluding carboxylic acids is 1. The lowest BCUT2D eigenvalue weighted by Gasteiger charge is -2.10. The standard InChI is InChI=1S/C15H16N2O2/c1-11-5-6-12(2)14(8-11)17-15(18)10-19-13-4-3-7-16-9-13/h3-9H,10H2,1-2H3,(H,17,18). The number of carbonyl (C=O) groups is 1. The summed E-state index contributed by atoms with van der Waals surface area (Å²) in [6, 6.07) is 9.46. The topological polar surface area (TPSA) is 51.2 Å². The number of hydrogen-bond donors (Lipinski definition) is 1. The maximum atomic E-state index is 11.8. The van der Waals surface area contributed by atoms with Crippen molar-refractivity contribution in [2.45, 2.75) is 13.8 Å². The molecule has 0 saturated carbocycles. The van der Waals surface area contributed by atoms with Crippen molar-refractivity contribution in [2.75, 3.05) is 11.9 Å². The van der Waals surface area contributed by atoms with Gasteiger partial charge in [0.15, 0.2) is 6.61 Å². The molecule has 4 nitrogen and oxygen atoms in total. The Bertz CT molecular complexity index is 568. The zero-order valence-corrected chi connectivity index (χ0v) is 11.0. The molecule has 0 aliphatic heterocycles. The number of anilines is 1. The molecule has 1 heterocycles. The summed E-state index contributed by atoms with van der Waals surface area (Å²) in [5.74, 6) is 0.399. The smallest absolute Gasteiger partial charge is 0.262 e. The van der Waals surface area contributed by atoms with Crippen molar-refractivity contribution in [3.05, 3.63) is 53.9 Å². The summed E-state index contributed by atoms with van der Waals surface area (Å²) < 4.78 is 5.34. The molecule has 0 bridgehead atoms. The van der Waals surface area contributed by atoms with E-state index in [1.807, 2.05) is 32.0 Å². The number of aromatic nitrogens is 1. The maximum absolute atomic E-state index is 11.8. The van der Waals surface area contributed by atoms with E-state index in [9.17, 15) is 4.79 Å². The average Bonchev–Trinajstić information content (AvgIpc) is 2.42. The summed E-state index contributed by atoms with van der Waals surface area (Å²) in [5.41, 5.74) is 2.95. The molecule has 0 atom stereocenters. The summed E-state index contributed by atoms with van der Waals surface area (Å²) in [7, 11) is 0. The van der Waals surface area contributed by atoms with Crippen LogP contribution < -0.4 is 10.1 Å². The van der Waals surface area contributed by atoms with Crippen molar-refractivity contribution < 1.29 is 9.53 Å². The normalized spacial score (nSPS) is 10.0. The Balaban J connectivity index is 1.93. The van der Waals surface area contributed by atoms with Gasteiger partial charge in [-0.25, -0.2) is 0 Å². The molecule has 0 radical (unpaired) electrons. The Labute approximate surface area is 112 Å². The van der Waals surface area contributed by atoms with Crippen LogP contribution in [0.25, 0.3) is 0 Å². The highest BCUT2D eigenvalue weighted by molar-refractivity contribution is 5.92. The predicted octanol–water partition coefficient (Wildman–Crippen LogP) is 2.72. The minimum Gasteiger partial charge on any atom is -0.482 e. The van der Waals surface area contributed by atoms with E-state index >= 15 is 0 Å². The largest absolute Gasteiger partial charge is 0.482 e. The van der Waals surface area contributed by atoms with Crippen LogP contribution in [0.1, 0.15) is 11.1 Å². The van der Waals surface area contributed by atoms with Crippen LogP contribution in [0, 0.1) is 13.8 Å². The molecule has 0 aliphatic carbocycles. The fraction of sp³-hybridized carbons (Fsp3) is 0.200. The van der Waals surface area contributed by atoms with E-state index < -0.39 is 0 Å². The summed E-state index contributed by atoms with van der Waals surface area (Å²) in [6.07, 6.45) is 3.23. The third kappa shape index (κ3) is 3.81. The van der Waals surface area contributed by atoms with Gasteiger partial charge < -0.3 is 10.1 Å². The Kier molecular flexibility index (Phi) is 4.13. The number of rotatable bonds is 4. The van der Waals surface area contributed by atoms with Crippen molar-refractivity contribution in [1.29, 1.82) is 0 Å². The van der Waals surface area contributed by atoms with Gasteiger partial charge in [0.2, 0.25) is 0 Å². The molecule has 0 saturated heterocycles. The molecule has 0 spiro atoms. The van der Waals surface area contributed by atoms with E-state index in [-0.39, 0.29) is 12.5 Å². The molecule has 4 heteroatoms. The Morgan fingerprint density at radius 3 is 2.89 bits per heavy atom. The van der Waals surface area contributed by atoms with Gasteiger partial charge in [-0.05, 0) is 43.2 Å². The molecule has 19 heavy (non-hydrogen) atoms. The highest BCUT2D eigenvalue weighted by Gasteiger charge is 2.06.